The van der Waals surface area contributed by atoms with Crippen molar-refractivity contribution < 1.29 is 4.79 Å². The molecule has 3 rings (SSSR count). The lowest BCUT2D eigenvalue weighted by molar-refractivity contribution is 0.247. The molecule has 5 heteroatoms. The minimum absolute atomic E-state index is 0.0297. The van der Waals surface area contributed by atoms with Gasteiger partial charge in [0.2, 0.25) is 0 Å². The number of aryl methyl sites for hydroxylation is 2. The van der Waals surface area contributed by atoms with Gasteiger partial charge in [-0.1, -0.05) is 36.4 Å². The van der Waals surface area contributed by atoms with Gasteiger partial charge in [-0.2, -0.15) is 5.10 Å². The molecule has 1 heterocycles. The molecule has 1 unspecified atom stereocenters. The van der Waals surface area contributed by atoms with Gasteiger partial charge in [0.1, 0.15) is 0 Å². The molecule has 0 saturated heterocycles. The summed E-state index contributed by atoms with van der Waals surface area (Å²) >= 11 is 0. The first kappa shape index (κ1) is 16.1. The van der Waals surface area contributed by atoms with Crippen LogP contribution in [0.3, 0.4) is 0 Å². The molecule has 0 fully saturated rings. The molecule has 124 valence electrons. The van der Waals surface area contributed by atoms with E-state index in [0.717, 1.165) is 27.8 Å². The summed E-state index contributed by atoms with van der Waals surface area (Å²) in [7, 11) is 0. The fraction of sp³-hybridized carbons (Fsp3) is 0.263. The van der Waals surface area contributed by atoms with E-state index in [1.807, 2.05) is 74.0 Å². The molecule has 0 aliphatic carbocycles. The third-order valence-corrected chi connectivity index (χ3v) is 3.97. The highest BCUT2D eigenvalue weighted by molar-refractivity contribution is 6.01. The molecule has 0 aliphatic rings. The Morgan fingerprint density at radius 1 is 1.17 bits per heavy atom. The van der Waals surface area contributed by atoms with Crippen molar-refractivity contribution in [2.45, 2.75) is 33.4 Å². The zero-order valence-corrected chi connectivity index (χ0v) is 14.2. The number of aromatic nitrogens is 2. The second-order valence-corrected chi connectivity index (χ2v) is 6.14. The van der Waals surface area contributed by atoms with Crippen molar-refractivity contribution in [1.82, 2.24) is 15.1 Å². The minimum Gasteiger partial charge on any atom is -0.334 e. The number of carbonyl (C=O) groups excluding carboxylic acids is 1. The molecule has 2 amide bonds. The molecule has 24 heavy (non-hydrogen) atoms. The van der Waals surface area contributed by atoms with E-state index >= 15 is 0 Å². The number of rotatable bonds is 4. The summed E-state index contributed by atoms with van der Waals surface area (Å²) in [5, 5.41) is 12.5. The van der Waals surface area contributed by atoms with Crippen LogP contribution in [0, 0.1) is 13.8 Å². The van der Waals surface area contributed by atoms with Gasteiger partial charge in [-0.3, -0.25) is 4.68 Å². The largest absolute Gasteiger partial charge is 0.334 e. The predicted molar refractivity (Wildman–Crippen MR) is 97.3 cm³/mol. The Labute approximate surface area is 141 Å². The number of nitrogens with zero attached hydrogens (tertiary/aromatic N) is 2. The van der Waals surface area contributed by atoms with Crippen molar-refractivity contribution in [3.63, 3.8) is 0 Å². The third-order valence-electron chi connectivity index (χ3n) is 3.97. The molecule has 0 aliphatic heterocycles. The monoisotopic (exact) mass is 322 g/mol. The van der Waals surface area contributed by atoms with Gasteiger partial charge < -0.3 is 10.6 Å². The lowest BCUT2D eigenvalue weighted by Crippen LogP contribution is -2.39. The number of urea groups is 1. The van der Waals surface area contributed by atoms with Crippen molar-refractivity contribution >= 4 is 22.5 Å². The van der Waals surface area contributed by atoms with Crippen LogP contribution in [-0.2, 0) is 6.54 Å². The first-order valence-electron chi connectivity index (χ1n) is 8.09. The van der Waals surface area contributed by atoms with Crippen LogP contribution < -0.4 is 10.6 Å². The topological polar surface area (TPSA) is 59.0 Å². The third kappa shape index (κ3) is 3.56. The average molecular weight is 322 g/mol. The van der Waals surface area contributed by atoms with Crippen LogP contribution in [0.15, 0.2) is 48.5 Å². The van der Waals surface area contributed by atoms with Gasteiger partial charge >= 0.3 is 6.03 Å². The molecule has 1 aromatic heterocycles. The molecule has 1 atom stereocenters. The highest BCUT2D eigenvalue weighted by Crippen LogP contribution is 2.22. The van der Waals surface area contributed by atoms with E-state index in [-0.39, 0.29) is 12.1 Å². The van der Waals surface area contributed by atoms with Crippen molar-refractivity contribution in [2.75, 3.05) is 5.32 Å². The minimum atomic E-state index is -0.208. The molecule has 0 bridgehead atoms. The molecule has 0 saturated carbocycles. The number of hydrogen-bond acceptors (Lipinski definition) is 2. The summed E-state index contributed by atoms with van der Waals surface area (Å²) in [6.07, 6.45) is 0. The van der Waals surface area contributed by atoms with Crippen LogP contribution in [-0.4, -0.2) is 21.9 Å². The quantitative estimate of drug-likeness (QED) is 0.766. The van der Waals surface area contributed by atoms with E-state index in [1.165, 1.54) is 0 Å². The van der Waals surface area contributed by atoms with Crippen molar-refractivity contribution in [1.29, 1.82) is 0 Å². The first-order chi connectivity index (χ1) is 11.5. The molecular weight excluding hydrogens is 300 g/mol. The number of nitrogens with one attached hydrogen (secondary N) is 2. The predicted octanol–water partition coefficient (Wildman–Crippen LogP) is 3.86. The zero-order valence-electron chi connectivity index (χ0n) is 14.2. The van der Waals surface area contributed by atoms with Crippen LogP contribution >= 0.6 is 0 Å². The highest BCUT2D eigenvalue weighted by atomic mass is 16.2. The Morgan fingerprint density at radius 3 is 2.67 bits per heavy atom. The van der Waals surface area contributed by atoms with Crippen LogP contribution in [0.4, 0.5) is 10.5 Å². The van der Waals surface area contributed by atoms with E-state index in [0.29, 0.717) is 6.54 Å². The average Bonchev–Trinajstić information content (AvgIpc) is 2.85. The highest BCUT2D eigenvalue weighted by Gasteiger charge is 2.11. The zero-order chi connectivity index (χ0) is 17.1. The van der Waals surface area contributed by atoms with E-state index in [1.54, 1.807) is 0 Å². The summed E-state index contributed by atoms with van der Waals surface area (Å²) in [6.45, 7) is 6.60. The number of anilines is 1. The summed E-state index contributed by atoms with van der Waals surface area (Å²) < 4.78 is 1.91. The fourth-order valence-electron chi connectivity index (χ4n) is 2.88. The van der Waals surface area contributed by atoms with Crippen molar-refractivity contribution in [2.24, 2.45) is 0 Å². The number of carbonyl (C=O) groups is 1. The summed E-state index contributed by atoms with van der Waals surface area (Å²) in [4.78, 5) is 12.3. The lowest BCUT2D eigenvalue weighted by Gasteiger charge is -2.16. The Balaban J connectivity index is 1.65. The number of fused-ring (bicyclic) bond motifs is 1. The fourth-order valence-corrected chi connectivity index (χ4v) is 2.88. The van der Waals surface area contributed by atoms with Crippen molar-refractivity contribution in [3.05, 3.63) is 59.9 Å². The van der Waals surface area contributed by atoms with Crippen LogP contribution in [0.25, 0.3) is 10.8 Å². The normalized spacial score (nSPS) is 12.1. The van der Waals surface area contributed by atoms with Gasteiger partial charge in [0.15, 0.2) is 0 Å². The molecular formula is C19H22N4O. The van der Waals surface area contributed by atoms with Crippen LogP contribution in [0.2, 0.25) is 0 Å². The standard InChI is InChI=1S/C19H22N4O/c1-13-11-15(3)23(22-13)12-14(2)20-19(24)21-18-10-6-8-16-7-4-5-9-17(16)18/h4-11,14H,12H2,1-3H3,(H2,20,21,24). The molecule has 2 N–H and O–H groups in total. The second kappa shape index (κ2) is 6.74. The summed E-state index contributed by atoms with van der Waals surface area (Å²) in [5.74, 6) is 0. The SMILES string of the molecule is Cc1cc(C)n(CC(C)NC(=O)Nc2cccc3ccccc23)n1. The number of benzene rings is 2. The Hall–Kier alpha value is -2.82. The molecule has 0 spiro atoms. The Kier molecular flexibility index (Phi) is 4.51. The summed E-state index contributed by atoms with van der Waals surface area (Å²) in [5.41, 5.74) is 2.89. The van der Waals surface area contributed by atoms with Crippen LogP contribution in [0.5, 0.6) is 0 Å². The second-order valence-electron chi connectivity index (χ2n) is 6.14. The maximum absolute atomic E-state index is 12.3. The Morgan fingerprint density at radius 2 is 1.92 bits per heavy atom. The Bertz CT molecular complexity index is 863. The van der Waals surface area contributed by atoms with Gasteiger partial charge in [-0.25, -0.2) is 4.79 Å². The van der Waals surface area contributed by atoms with Gasteiger partial charge in [0.05, 0.1) is 17.9 Å². The van der Waals surface area contributed by atoms with Gasteiger partial charge in [-0.15, -0.1) is 0 Å². The molecule has 0 radical (unpaired) electrons. The molecule has 5 nitrogen and oxygen atoms in total. The van der Waals surface area contributed by atoms with Crippen molar-refractivity contribution in [3.8, 4) is 0 Å². The maximum Gasteiger partial charge on any atom is 0.319 e. The van der Waals surface area contributed by atoms with E-state index in [4.69, 9.17) is 0 Å². The molecule has 3 aromatic rings. The number of amides is 2. The number of hydrogen-bond donors (Lipinski definition) is 2. The van der Waals surface area contributed by atoms with Gasteiger partial charge in [0.25, 0.3) is 0 Å². The van der Waals surface area contributed by atoms with E-state index in [9.17, 15) is 4.79 Å². The summed E-state index contributed by atoms with van der Waals surface area (Å²) in [6, 6.07) is 15.7. The maximum atomic E-state index is 12.3. The van der Waals surface area contributed by atoms with Gasteiger partial charge in [0, 0.05) is 17.1 Å². The van der Waals surface area contributed by atoms with Crippen LogP contribution in [0.1, 0.15) is 18.3 Å². The molecule has 2 aromatic carbocycles. The smallest absolute Gasteiger partial charge is 0.319 e. The lowest BCUT2D eigenvalue weighted by atomic mass is 10.1. The first-order valence-corrected chi connectivity index (χ1v) is 8.09. The van der Waals surface area contributed by atoms with E-state index in [2.05, 4.69) is 15.7 Å². The van der Waals surface area contributed by atoms with Gasteiger partial charge in [-0.05, 0) is 38.3 Å². The van der Waals surface area contributed by atoms with E-state index < -0.39 is 0 Å².